The van der Waals surface area contributed by atoms with Gasteiger partial charge in [-0.3, -0.25) is 14.5 Å². The van der Waals surface area contributed by atoms with E-state index in [4.69, 9.17) is 12.2 Å². The molecule has 0 spiro atoms. The van der Waals surface area contributed by atoms with Crippen LogP contribution < -0.4 is 5.32 Å². The van der Waals surface area contributed by atoms with Gasteiger partial charge in [0.25, 0.3) is 0 Å². The van der Waals surface area contributed by atoms with Crippen molar-refractivity contribution >= 4 is 48.2 Å². The third-order valence-electron chi connectivity index (χ3n) is 6.77. The summed E-state index contributed by atoms with van der Waals surface area (Å²) in [6, 6.07) is 0.159. The van der Waals surface area contributed by atoms with Crippen LogP contribution in [-0.4, -0.2) is 46.9 Å². The highest BCUT2D eigenvalue weighted by molar-refractivity contribution is 8.23. The minimum atomic E-state index is -1.66. The number of nitrogens with zero attached hydrogens (tertiary/aromatic N) is 1. The largest absolute Gasteiger partial charge is 0.352 e. The third-order valence-corrected chi connectivity index (χ3v) is 14.8. The summed E-state index contributed by atoms with van der Waals surface area (Å²) in [7, 11) is -1.66. The summed E-state index contributed by atoms with van der Waals surface area (Å²) >= 11 is 6.96. The maximum Gasteiger partial charge on any atom is 0.230 e. The highest BCUT2D eigenvalue weighted by atomic mass is 32.2. The van der Waals surface area contributed by atoms with E-state index in [-0.39, 0.29) is 34.9 Å². The number of amides is 2. The maximum absolute atomic E-state index is 12.8. The zero-order valence-corrected chi connectivity index (χ0v) is 19.1. The van der Waals surface area contributed by atoms with E-state index in [1.807, 2.05) is 0 Å². The summed E-state index contributed by atoms with van der Waals surface area (Å²) in [5.74, 6) is 1.02. The van der Waals surface area contributed by atoms with Crippen molar-refractivity contribution in [2.45, 2.75) is 83.2 Å². The maximum atomic E-state index is 12.8. The average Bonchev–Trinajstić information content (AvgIpc) is 2.86. The number of hydrogen-bond donors (Lipinski definition) is 1. The van der Waals surface area contributed by atoms with Crippen LogP contribution in [-0.2, 0) is 9.59 Å². The number of thioether (sulfide) groups is 1. The topological polar surface area (TPSA) is 49.4 Å². The lowest BCUT2D eigenvalue weighted by Gasteiger charge is -2.50. The molecule has 1 N–H and O–H groups in total. The van der Waals surface area contributed by atoms with Gasteiger partial charge in [-0.15, -0.1) is 0 Å². The van der Waals surface area contributed by atoms with Gasteiger partial charge in [0.1, 0.15) is 4.32 Å². The van der Waals surface area contributed by atoms with E-state index in [9.17, 15) is 9.59 Å². The molecule has 2 aliphatic rings. The first-order valence-electron chi connectivity index (χ1n) is 9.21. The molecule has 7 heteroatoms. The summed E-state index contributed by atoms with van der Waals surface area (Å²) in [6.45, 7) is 15.9. The van der Waals surface area contributed by atoms with Gasteiger partial charge < -0.3 is 5.32 Å². The molecule has 25 heavy (non-hydrogen) atoms. The van der Waals surface area contributed by atoms with Crippen LogP contribution in [0.25, 0.3) is 0 Å². The molecule has 0 aliphatic carbocycles. The van der Waals surface area contributed by atoms with E-state index < -0.39 is 8.07 Å². The Morgan fingerprint density at radius 3 is 2.52 bits per heavy atom. The van der Waals surface area contributed by atoms with Crippen molar-refractivity contribution in [3.63, 3.8) is 0 Å². The molecule has 2 rings (SSSR count). The summed E-state index contributed by atoms with van der Waals surface area (Å²) in [5, 5.41) is 3.20. The molecule has 0 aromatic rings. The summed E-state index contributed by atoms with van der Waals surface area (Å²) in [6.07, 6.45) is 1.28. The van der Waals surface area contributed by atoms with Crippen molar-refractivity contribution in [1.82, 2.24) is 10.2 Å². The van der Waals surface area contributed by atoms with Crippen molar-refractivity contribution in [3.8, 4) is 0 Å². The van der Waals surface area contributed by atoms with E-state index in [1.54, 1.807) is 16.7 Å². The quantitative estimate of drug-likeness (QED) is 0.430. The first-order chi connectivity index (χ1) is 11.4. The van der Waals surface area contributed by atoms with Crippen molar-refractivity contribution < 1.29 is 9.59 Å². The monoisotopic (exact) mass is 400 g/mol. The Morgan fingerprint density at radius 1 is 1.44 bits per heavy atom. The Balaban J connectivity index is 2.09. The number of carbonyl (C=O) groups excluding carboxylic acids is 2. The van der Waals surface area contributed by atoms with Gasteiger partial charge in [-0.1, -0.05) is 71.7 Å². The van der Waals surface area contributed by atoms with Crippen LogP contribution in [0.2, 0.25) is 23.7 Å². The van der Waals surface area contributed by atoms with Gasteiger partial charge in [0.05, 0.1) is 14.0 Å². The van der Waals surface area contributed by atoms with Crippen LogP contribution in [0.15, 0.2) is 0 Å². The molecule has 2 saturated heterocycles. The second-order valence-electron chi connectivity index (χ2n) is 9.01. The molecule has 0 bridgehead atoms. The predicted molar refractivity (Wildman–Crippen MR) is 113 cm³/mol. The fourth-order valence-electron chi connectivity index (χ4n) is 3.69. The van der Waals surface area contributed by atoms with Gasteiger partial charge >= 0.3 is 0 Å². The number of rotatable bonds is 5. The predicted octanol–water partition coefficient (Wildman–Crippen LogP) is 4.03. The van der Waals surface area contributed by atoms with Crippen LogP contribution in [0.4, 0.5) is 0 Å². The van der Waals surface area contributed by atoms with Crippen LogP contribution in [0, 0.1) is 5.92 Å². The zero-order chi connectivity index (χ0) is 19.2. The lowest BCUT2D eigenvalue weighted by molar-refractivity contribution is -0.138. The van der Waals surface area contributed by atoms with E-state index in [1.165, 1.54) is 0 Å². The molecule has 4 nitrogen and oxygen atoms in total. The second-order valence-corrected chi connectivity index (χ2v) is 16.5. The summed E-state index contributed by atoms with van der Waals surface area (Å²) < 4.78 is 0.691. The fraction of sp³-hybridized carbons (Fsp3) is 0.833. The molecule has 2 fully saturated rings. The zero-order valence-electron chi connectivity index (χ0n) is 16.5. The van der Waals surface area contributed by atoms with Gasteiger partial charge in [0.15, 0.2) is 0 Å². The number of carbonyl (C=O) groups is 2. The van der Waals surface area contributed by atoms with E-state index in [2.05, 4.69) is 53.0 Å². The molecule has 4 atom stereocenters. The van der Waals surface area contributed by atoms with E-state index in [0.29, 0.717) is 16.3 Å². The van der Waals surface area contributed by atoms with Crippen LogP contribution in [0.1, 0.15) is 47.5 Å². The third kappa shape index (κ3) is 3.83. The Bertz CT molecular complexity index is 574. The molecule has 0 unspecified atom stereocenters. The number of nitrogens with one attached hydrogen (secondary N) is 1. The molecular weight excluding hydrogens is 368 g/mol. The van der Waals surface area contributed by atoms with Gasteiger partial charge in [-0.2, -0.15) is 0 Å². The minimum absolute atomic E-state index is 0.0463. The fourth-order valence-corrected chi connectivity index (χ4v) is 7.91. The molecule has 142 valence electrons. The molecule has 2 heterocycles. The van der Waals surface area contributed by atoms with Crippen molar-refractivity contribution in [3.05, 3.63) is 0 Å². The van der Waals surface area contributed by atoms with Crippen LogP contribution in [0.3, 0.4) is 0 Å². The van der Waals surface area contributed by atoms with Crippen molar-refractivity contribution in [2.24, 2.45) is 5.92 Å². The smallest absolute Gasteiger partial charge is 0.230 e. The second kappa shape index (κ2) is 7.31. The average molecular weight is 401 g/mol. The minimum Gasteiger partial charge on any atom is -0.352 e. The normalized spacial score (nSPS) is 28.6. The number of thiocarbonyl (C=S) groups is 1. The van der Waals surface area contributed by atoms with Gasteiger partial charge in [0, 0.05) is 24.3 Å². The number of hydrogen-bond acceptors (Lipinski definition) is 4. The SMILES string of the molecule is CC[C@H]1CSC(=S)N1C(=O)C[C@H]1NC(=O)[C@@H]1[C@@H](C)[Si](C)(C)C(C)(C)C. The first-order valence-corrected chi connectivity index (χ1v) is 13.7. The highest BCUT2D eigenvalue weighted by Crippen LogP contribution is 2.49. The molecule has 0 radical (unpaired) electrons. The summed E-state index contributed by atoms with van der Waals surface area (Å²) in [5.41, 5.74) is 0.334. The van der Waals surface area contributed by atoms with E-state index in [0.717, 1.165) is 12.2 Å². The molecular formula is C18H32N2O2S2Si. The van der Waals surface area contributed by atoms with Crippen molar-refractivity contribution in [2.75, 3.05) is 5.75 Å². The molecule has 0 saturated carbocycles. The van der Waals surface area contributed by atoms with Gasteiger partial charge in [-0.25, -0.2) is 0 Å². The van der Waals surface area contributed by atoms with Crippen LogP contribution in [0.5, 0.6) is 0 Å². The van der Waals surface area contributed by atoms with Gasteiger partial charge in [0.2, 0.25) is 11.8 Å². The number of β-lactam (4-membered cyclic amide) rings is 1. The first kappa shape index (κ1) is 20.9. The molecule has 2 aliphatic heterocycles. The molecule has 2 amide bonds. The van der Waals surface area contributed by atoms with Gasteiger partial charge in [-0.05, 0) is 17.0 Å². The Labute approximate surface area is 162 Å². The van der Waals surface area contributed by atoms with Crippen LogP contribution >= 0.6 is 24.0 Å². The van der Waals surface area contributed by atoms with E-state index >= 15 is 0 Å². The lowest BCUT2D eigenvalue weighted by Crippen LogP contribution is -2.64. The Kier molecular flexibility index (Phi) is 6.11. The highest BCUT2D eigenvalue weighted by Gasteiger charge is 2.52. The molecule has 0 aromatic carbocycles. The summed E-state index contributed by atoms with van der Waals surface area (Å²) in [4.78, 5) is 26.9. The lowest BCUT2D eigenvalue weighted by atomic mass is 9.85. The standard InChI is InChI=1S/C18H32N2O2S2Si/c1-8-12-10-24-17(23)20(12)14(21)9-13-15(16(22)19-13)11(2)25(6,7)18(3,4)5/h11-13,15H,8-10H2,1-7H3,(H,19,22)/t11-,12+,13-,15-/m1/s1. The Hall–Kier alpha value is -0.403. The Morgan fingerprint density at radius 2 is 2.04 bits per heavy atom. The molecule has 0 aromatic heterocycles. The van der Waals surface area contributed by atoms with Crippen molar-refractivity contribution in [1.29, 1.82) is 0 Å².